The van der Waals surface area contributed by atoms with Crippen molar-refractivity contribution in [2.24, 2.45) is 0 Å². The van der Waals surface area contributed by atoms with Crippen molar-refractivity contribution in [2.45, 2.75) is 12.8 Å². The van der Waals surface area contributed by atoms with E-state index in [4.69, 9.17) is 0 Å². The third-order valence-electron chi connectivity index (χ3n) is 5.17. The molecule has 4 nitrogen and oxygen atoms in total. The van der Waals surface area contributed by atoms with E-state index in [9.17, 15) is 23.1 Å². The number of aliphatic hydroxyl groups is 1. The molecule has 34 heavy (non-hydrogen) atoms. The highest BCUT2D eigenvalue weighted by Gasteiger charge is 2.30. The number of halogens is 3. The van der Waals surface area contributed by atoms with Crippen molar-refractivity contribution in [3.05, 3.63) is 113 Å². The van der Waals surface area contributed by atoms with Gasteiger partial charge < -0.3 is 15.3 Å². The largest absolute Gasteiger partial charge is 0.416 e. The number of amides is 1. The molecule has 0 unspecified atom stereocenters. The third kappa shape index (κ3) is 6.36. The lowest BCUT2D eigenvalue weighted by Crippen LogP contribution is -2.09. The summed E-state index contributed by atoms with van der Waals surface area (Å²) in [6, 6.07) is 19.4. The van der Waals surface area contributed by atoms with Crippen LogP contribution in [0.2, 0.25) is 0 Å². The summed E-state index contributed by atoms with van der Waals surface area (Å²) in [5, 5.41) is 12.1. The quantitative estimate of drug-likeness (QED) is 0.337. The van der Waals surface area contributed by atoms with E-state index in [1.54, 1.807) is 36.4 Å². The molecule has 0 aliphatic heterocycles. The molecule has 0 fully saturated rings. The van der Waals surface area contributed by atoms with Crippen molar-refractivity contribution < 1.29 is 23.1 Å². The van der Waals surface area contributed by atoms with Gasteiger partial charge in [0.05, 0.1) is 12.2 Å². The molecule has 1 amide bonds. The van der Waals surface area contributed by atoms with E-state index >= 15 is 0 Å². The molecule has 3 aromatic rings. The Balaban J connectivity index is 1.90. The van der Waals surface area contributed by atoms with E-state index in [1.807, 2.05) is 43.3 Å². The monoisotopic (exact) mass is 466 g/mol. The number of allylic oxidation sites excluding steroid dienone is 2. The zero-order valence-electron chi connectivity index (χ0n) is 18.8. The van der Waals surface area contributed by atoms with Gasteiger partial charge in [-0.3, -0.25) is 4.79 Å². The molecule has 0 radical (unpaired) electrons. The summed E-state index contributed by atoms with van der Waals surface area (Å²) in [5.41, 5.74) is 3.39. The van der Waals surface area contributed by atoms with Crippen LogP contribution >= 0.6 is 0 Å². The predicted molar refractivity (Wildman–Crippen MR) is 129 cm³/mol. The molecule has 0 saturated heterocycles. The van der Waals surface area contributed by atoms with Crippen molar-refractivity contribution in [1.29, 1.82) is 0 Å². The van der Waals surface area contributed by atoms with Gasteiger partial charge in [-0.1, -0.05) is 54.6 Å². The Labute approximate surface area is 196 Å². The Morgan fingerprint density at radius 3 is 2.09 bits per heavy atom. The zero-order valence-corrected chi connectivity index (χ0v) is 18.8. The Morgan fingerprint density at radius 2 is 1.53 bits per heavy atom. The van der Waals surface area contributed by atoms with Crippen molar-refractivity contribution in [1.82, 2.24) is 0 Å². The van der Waals surface area contributed by atoms with Gasteiger partial charge in [0.15, 0.2) is 0 Å². The molecule has 0 saturated carbocycles. The maximum absolute atomic E-state index is 13.0. The van der Waals surface area contributed by atoms with Gasteiger partial charge in [-0.05, 0) is 47.0 Å². The van der Waals surface area contributed by atoms with Crippen LogP contribution in [0, 0.1) is 0 Å². The zero-order chi connectivity index (χ0) is 24.7. The number of carbonyl (C=O) groups excluding carboxylic acids is 1. The summed E-state index contributed by atoms with van der Waals surface area (Å²) in [7, 11) is 3.83. The van der Waals surface area contributed by atoms with Crippen LogP contribution in [0.3, 0.4) is 0 Å². The van der Waals surface area contributed by atoms with Gasteiger partial charge >= 0.3 is 6.18 Å². The SMILES string of the molecule is CN(C)c1ccc(C(=CC=CC(=O)Nc2ccccc2CO)c2ccc(C(F)(F)F)cc2)cc1. The summed E-state index contributed by atoms with van der Waals surface area (Å²) in [4.78, 5) is 14.3. The average molecular weight is 467 g/mol. The van der Waals surface area contributed by atoms with Gasteiger partial charge in [0.1, 0.15) is 0 Å². The molecule has 0 aliphatic carbocycles. The smallest absolute Gasteiger partial charge is 0.392 e. The number of nitrogens with zero attached hydrogens (tertiary/aromatic N) is 1. The minimum atomic E-state index is -4.42. The first-order valence-electron chi connectivity index (χ1n) is 10.5. The Morgan fingerprint density at radius 1 is 0.941 bits per heavy atom. The second kappa shape index (κ2) is 10.9. The van der Waals surface area contributed by atoms with Crippen LogP contribution in [0.5, 0.6) is 0 Å². The summed E-state index contributed by atoms with van der Waals surface area (Å²) < 4.78 is 39.0. The number of carbonyl (C=O) groups is 1. The van der Waals surface area contributed by atoms with Gasteiger partial charge in [-0.2, -0.15) is 13.2 Å². The Kier molecular flexibility index (Phi) is 7.91. The minimum absolute atomic E-state index is 0.207. The van der Waals surface area contributed by atoms with E-state index in [2.05, 4.69) is 5.32 Å². The Hall–Kier alpha value is -3.84. The van der Waals surface area contributed by atoms with E-state index in [0.717, 1.165) is 23.4 Å². The summed E-state index contributed by atoms with van der Waals surface area (Å²) in [5.74, 6) is -0.396. The average Bonchev–Trinajstić information content (AvgIpc) is 2.82. The lowest BCUT2D eigenvalue weighted by atomic mass is 9.96. The number of para-hydroxylation sites is 1. The first kappa shape index (κ1) is 24.8. The number of hydrogen-bond donors (Lipinski definition) is 2. The van der Waals surface area contributed by atoms with E-state index in [1.165, 1.54) is 18.2 Å². The molecule has 2 N–H and O–H groups in total. The first-order chi connectivity index (χ1) is 16.2. The van der Waals surface area contributed by atoms with Crippen LogP contribution in [0.4, 0.5) is 24.5 Å². The fraction of sp³-hybridized carbons (Fsp3) is 0.148. The molecular weight excluding hydrogens is 441 g/mol. The highest BCUT2D eigenvalue weighted by molar-refractivity contribution is 6.00. The fourth-order valence-electron chi connectivity index (χ4n) is 3.32. The first-order valence-corrected chi connectivity index (χ1v) is 10.5. The molecule has 0 atom stereocenters. The fourth-order valence-corrected chi connectivity index (χ4v) is 3.32. The van der Waals surface area contributed by atoms with Gasteiger partial charge in [0.25, 0.3) is 0 Å². The molecule has 0 bridgehead atoms. The summed E-state index contributed by atoms with van der Waals surface area (Å²) >= 11 is 0. The number of hydrogen-bond acceptors (Lipinski definition) is 3. The number of alkyl halides is 3. The van der Waals surface area contributed by atoms with Gasteiger partial charge in [-0.25, -0.2) is 0 Å². The molecule has 0 aromatic heterocycles. The van der Waals surface area contributed by atoms with Crippen LogP contribution in [0.25, 0.3) is 5.57 Å². The van der Waals surface area contributed by atoms with Crippen molar-refractivity contribution in [3.8, 4) is 0 Å². The molecule has 0 aliphatic rings. The number of anilines is 2. The highest BCUT2D eigenvalue weighted by Crippen LogP contribution is 2.32. The molecule has 3 aromatic carbocycles. The normalized spacial score (nSPS) is 12.1. The van der Waals surface area contributed by atoms with Gasteiger partial charge in [0.2, 0.25) is 5.91 Å². The molecule has 0 heterocycles. The highest BCUT2D eigenvalue weighted by atomic mass is 19.4. The van der Waals surface area contributed by atoms with Crippen LogP contribution < -0.4 is 10.2 Å². The van der Waals surface area contributed by atoms with Crippen molar-refractivity contribution in [2.75, 3.05) is 24.3 Å². The van der Waals surface area contributed by atoms with E-state index in [-0.39, 0.29) is 6.61 Å². The lowest BCUT2D eigenvalue weighted by Gasteiger charge is -2.14. The maximum Gasteiger partial charge on any atom is 0.416 e. The second-order valence-electron chi connectivity index (χ2n) is 7.76. The van der Waals surface area contributed by atoms with Gasteiger partial charge in [0, 0.05) is 37.1 Å². The summed E-state index contributed by atoms with van der Waals surface area (Å²) in [6.07, 6.45) is 0.138. The van der Waals surface area contributed by atoms with Crippen LogP contribution in [0.15, 0.2) is 91.0 Å². The van der Waals surface area contributed by atoms with Crippen LogP contribution in [0.1, 0.15) is 22.3 Å². The van der Waals surface area contributed by atoms with E-state index in [0.29, 0.717) is 22.4 Å². The standard InChI is InChI=1S/C27H25F3N2O2/c1-32(2)23-16-12-20(13-17-23)24(19-10-14-22(15-11-19)27(28,29)30)7-5-9-26(34)31-25-8-4-3-6-21(25)18-33/h3-17,33H,18H2,1-2H3,(H,31,34). The number of rotatable bonds is 7. The second-order valence-corrected chi connectivity index (χ2v) is 7.76. The molecule has 176 valence electrons. The van der Waals surface area contributed by atoms with E-state index < -0.39 is 17.6 Å². The van der Waals surface area contributed by atoms with Crippen molar-refractivity contribution in [3.63, 3.8) is 0 Å². The number of nitrogens with one attached hydrogen (secondary N) is 1. The number of aliphatic hydroxyl groups excluding tert-OH is 1. The van der Waals surface area contributed by atoms with Crippen LogP contribution in [-0.4, -0.2) is 25.1 Å². The molecule has 3 rings (SSSR count). The third-order valence-corrected chi connectivity index (χ3v) is 5.17. The molecule has 0 spiro atoms. The Bertz CT molecular complexity index is 1180. The minimum Gasteiger partial charge on any atom is -0.392 e. The number of benzene rings is 3. The van der Waals surface area contributed by atoms with Crippen LogP contribution in [-0.2, 0) is 17.6 Å². The topological polar surface area (TPSA) is 52.6 Å². The maximum atomic E-state index is 13.0. The summed E-state index contributed by atoms with van der Waals surface area (Å²) in [6.45, 7) is -0.207. The lowest BCUT2D eigenvalue weighted by molar-refractivity contribution is -0.137. The molecular formula is C27H25F3N2O2. The van der Waals surface area contributed by atoms with Gasteiger partial charge in [-0.15, -0.1) is 0 Å². The predicted octanol–water partition coefficient (Wildman–Crippen LogP) is 5.89. The molecule has 7 heteroatoms. The van der Waals surface area contributed by atoms with Crippen molar-refractivity contribution >= 4 is 22.9 Å².